The molecule has 1 N–H and O–H groups in total. The van der Waals surface area contributed by atoms with Gasteiger partial charge >= 0.3 is 0 Å². The average molecular weight is 372 g/mol. The van der Waals surface area contributed by atoms with Crippen molar-refractivity contribution in [2.45, 2.75) is 19.6 Å². The van der Waals surface area contributed by atoms with Crippen LogP contribution in [0.2, 0.25) is 0 Å². The fourth-order valence-corrected chi connectivity index (χ4v) is 2.27. The van der Waals surface area contributed by atoms with E-state index in [2.05, 4.69) is 20.5 Å². The van der Waals surface area contributed by atoms with Crippen LogP contribution in [0.5, 0.6) is 5.75 Å². The minimum absolute atomic E-state index is 0.166. The third-order valence-corrected chi connectivity index (χ3v) is 3.61. The first kappa shape index (κ1) is 18.2. The third-order valence-electron chi connectivity index (χ3n) is 3.61. The molecule has 0 radical (unpaired) electrons. The van der Waals surface area contributed by atoms with Gasteiger partial charge in [-0.05, 0) is 25.1 Å². The molecule has 0 aliphatic rings. The smallest absolute Gasteiger partial charge is 0.266 e. The van der Waals surface area contributed by atoms with Crippen LogP contribution in [0, 0.1) is 5.82 Å². The summed E-state index contributed by atoms with van der Waals surface area (Å²) in [6, 6.07) is 8.43. The predicted octanol–water partition coefficient (Wildman–Crippen LogP) is 0.547. The van der Waals surface area contributed by atoms with E-state index in [0.29, 0.717) is 5.82 Å². The van der Waals surface area contributed by atoms with Crippen molar-refractivity contribution >= 4 is 5.91 Å². The maximum absolute atomic E-state index is 13.2. The van der Waals surface area contributed by atoms with E-state index in [1.54, 1.807) is 13.0 Å². The van der Waals surface area contributed by atoms with Gasteiger partial charge in [-0.2, -0.15) is 5.10 Å². The largest absolute Gasteiger partial charge is 0.481 e. The standard InChI is InChI=1S/C17H17FN6O3/c1-12(27-14-4-2-3-13(18)9-14)17(26)20-7-8-23-16(25)6-5-15(22-23)24-11-19-10-21-24/h2-6,9-12H,7-8H2,1H3,(H,20,26). The minimum Gasteiger partial charge on any atom is -0.481 e. The molecular formula is C17H17FN6O3. The van der Waals surface area contributed by atoms with Crippen LogP contribution in [0.4, 0.5) is 4.39 Å². The number of amides is 1. The molecule has 0 aliphatic carbocycles. The zero-order chi connectivity index (χ0) is 19.2. The van der Waals surface area contributed by atoms with Gasteiger partial charge in [-0.25, -0.2) is 18.7 Å². The monoisotopic (exact) mass is 372 g/mol. The van der Waals surface area contributed by atoms with Crippen LogP contribution in [0.3, 0.4) is 0 Å². The van der Waals surface area contributed by atoms with E-state index in [1.165, 1.54) is 52.4 Å². The molecule has 140 valence electrons. The van der Waals surface area contributed by atoms with Gasteiger partial charge in [0.05, 0.1) is 6.54 Å². The number of hydrogen-bond acceptors (Lipinski definition) is 6. The number of rotatable bonds is 7. The van der Waals surface area contributed by atoms with Crippen LogP contribution in [0.1, 0.15) is 6.92 Å². The van der Waals surface area contributed by atoms with Crippen molar-refractivity contribution in [3.63, 3.8) is 0 Å². The van der Waals surface area contributed by atoms with E-state index in [1.807, 2.05) is 0 Å². The van der Waals surface area contributed by atoms with Crippen LogP contribution in [0.25, 0.3) is 5.82 Å². The second-order valence-corrected chi connectivity index (χ2v) is 5.60. The van der Waals surface area contributed by atoms with Gasteiger partial charge in [0.2, 0.25) is 0 Å². The molecule has 0 fully saturated rings. The first-order valence-corrected chi connectivity index (χ1v) is 8.16. The fraction of sp³-hybridized carbons (Fsp3) is 0.235. The molecule has 1 amide bonds. The summed E-state index contributed by atoms with van der Waals surface area (Å²) >= 11 is 0. The van der Waals surface area contributed by atoms with Crippen LogP contribution in [-0.2, 0) is 11.3 Å². The summed E-state index contributed by atoms with van der Waals surface area (Å²) in [5, 5.41) is 10.8. The highest BCUT2D eigenvalue weighted by Crippen LogP contribution is 2.13. The van der Waals surface area contributed by atoms with Gasteiger partial charge < -0.3 is 10.1 Å². The molecule has 0 spiro atoms. The number of carbonyl (C=O) groups is 1. The molecule has 0 saturated heterocycles. The molecule has 1 unspecified atom stereocenters. The Morgan fingerprint density at radius 2 is 2.19 bits per heavy atom. The van der Waals surface area contributed by atoms with E-state index < -0.39 is 11.9 Å². The summed E-state index contributed by atoms with van der Waals surface area (Å²) in [5.41, 5.74) is -0.308. The van der Waals surface area contributed by atoms with E-state index >= 15 is 0 Å². The number of nitrogens with zero attached hydrogens (tertiary/aromatic N) is 5. The third kappa shape index (κ3) is 4.75. The van der Waals surface area contributed by atoms with E-state index in [-0.39, 0.29) is 30.3 Å². The number of halogens is 1. The van der Waals surface area contributed by atoms with Gasteiger partial charge in [0.15, 0.2) is 11.9 Å². The van der Waals surface area contributed by atoms with Crippen LogP contribution in [0.15, 0.2) is 53.8 Å². The van der Waals surface area contributed by atoms with Gasteiger partial charge in [0.1, 0.15) is 24.2 Å². The average Bonchev–Trinajstić information content (AvgIpc) is 3.18. The molecule has 1 aromatic carbocycles. The molecule has 10 heteroatoms. The summed E-state index contributed by atoms with van der Waals surface area (Å²) in [4.78, 5) is 27.8. The quantitative estimate of drug-likeness (QED) is 0.649. The van der Waals surface area contributed by atoms with E-state index in [0.717, 1.165) is 0 Å². The molecule has 9 nitrogen and oxygen atoms in total. The SMILES string of the molecule is CC(Oc1cccc(F)c1)C(=O)NCCn1nc(-n2cncn2)ccc1=O. The highest BCUT2D eigenvalue weighted by atomic mass is 19.1. The summed E-state index contributed by atoms with van der Waals surface area (Å²) in [6.07, 6.45) is 2.00. The Labute approximate surface area is 153 Å². The lowest BCUT2D eigenvalue weighted by Gasteiger charge is -2.15. The second kappa shape index (κ2) is 8.21. The molecule has 0 bridgehead atoms. The Bertz CT molecular complexity index is 973. The van der Waals surface area contributed by atoms with Crippen LogP contribution in [-0.4, -0.2) is 43.1 Å². The summed E-state index contributed by atoms with van der Waals surface area (Å²) in [6.45, 7) is 1.89. The summed E-state index contributed by atoms with van der Waals surface area (Å²) in [5.74, 6) is -0.144. The second-order valence-electron chi connectivity index (χ2n) is 5.60. The molecule has 1 atom stereocenters. The van der Waals surface area contributed by atoms with E-state index in [9.17, 15) is 14.0 Å². The molecule has 0 saturated carbocycles. The highest BCUT2D eigenvalue weighted by molar-refractivity contribution is 5.80. The molecule has 3 rings (SSSR count). The number of aromatic nitrogens is 5. The van der Waals surface area contributed by atoms with Crippen molar-refractivity contribution < 1.29 is 13.9 Å². The Hall–Kier alpha value is -3.56. The molecule has 0 aliphatic heterocycles. The van der Waals surface area contributed by atoms with Crippen molar-refractivity contribution in [2.75, 3.05) is 6.54 Å². The number of carbonyl (C=O) groups excluding carboxylic acids is 1. The Morgan fingerprint density at radius 3 is 2.93 bits per heavy atom. The maximum Gasteiger partial charge on any atom is 0.266 e. The number of hydrogen-bond donors (Lipinski definition) is 1. The lowest BCUT2D eigenvalue weighted by molar-refractivity contribution is -0.127. The van der Waals surface area contributed by atoms with Crippen molar-refractivity contribution in [1.82, 2.24) is 29.9 Å². The topological polar surface area (TPSA) is 104 Å². The fourth-order valence-electron chi connectivity index (χ4n) is 2.27. The Kier molecular flexibility index (Phi) is 5.55. The van der Waals surface area contributed by atoms with Gasteiger partial charge in [-0.1, -0.05) is 6.07 Å². The first-order valence-electron chi connectivity index (χ1n) is 8.16. The van der Waals surface area contributed by atoms with Crippen molar-refractivity contribution in [3.8, 4) is 11.6 Å². The van der Waals surface area contributed by atoms with Gasteiger partial charge in [-0.15, -0.1) is 5.10 Å². The molecule has 2 aromatic heterocycles. The number of benzene rings is 1. The number of ether oxygens (including phenoxy) is 1. The Morgan fingerprint density at radius 1 is 1.33 bits per heavy atom. The maximum atomic E-state index is 13.2. The minimum atomic E-state index is -0.821. The zero-order valence-corrected chi connectivity index (χ0v) is 14.4. The Balaban J connectivity index is 1.55. The predicted molar refractivity (Wildman–Crippen MR) is 92.9 cm³/mol. The lowest BCUT2D eigenvalue weighted by atomic mass is 10.3. The first-order chi connectivity index (χ1) is 13.0. The van der Waals surface area contributed by atoms with Gasteiger partial charge in [0, 0.05) is 18.7 Å². The molecule has 3 aromatic rings. The normalized spacial score (nSPS) is 11.8. The summed E-state index contributed by atoms with van der Waals surface area (Å²) in [7, 11) is 0. The van der Waals surface area contributed by atoms with Crippen molar-refractivity contribution in [3.05, 3.63) is 65.2 Å². The van der Waals surface area contributed by atoms with Crippen LogP contribution >= 0.6 is 0 Å². The lowest BCUT2D eigenvalue weighted by Crippen LogP contribution is -2.39. The van der Waals surface area contributed by atoms with Crippen molar-refractivity contribution in [2.24, 2.45) is 0 Å². The van der Waals surface area contributed by atoms with Gasteiger partial charge in [-0.3, -0.25) is 9.59 Å². The summed E-state index contributed by atoms with van der Waals surface area (Å²) < 4.78 is 21.2. The highest BCUT2D eigenvalue weighted by Gasteiger charge is 2.14. The number of nitrogens with one attached hydrogen (secondary N) is 1. The van der Waals surface area contributed by atoms with Crippen molar-refractivity contribution in [1.29, 1.82) is 0 Å². The van der Waals surface area contributed by atoms with Crippen LogP contribution < -0.4 is 15.6 Å². The van der Waals surface area contributed by atoms with E-state index in [4.69, 9.17) is 4.74 Å². The molecular weight excluding hydrogens is 355 g/mol. The molecule has 2 heterocycles. The molecule has 27 heavy (non-hydrogen) atoms. The zero-order valence-electron chi connectivity index (χ0n) is 14.4. The van der Waals surface area contributed by atoms with Gasteiger partial charge in [0.25, 0.3) is 11.5 Å².